The molecule has 0 unspecified atom stereocenters. The van der Waals surface area contributed by atoms with Crippen molar-refractivity contribution in [1.82, 2.24) is 24.6 Å². The molecule has 3 heterocycles. The van der Waals surface area contributed by atoms with Gasteiger partial charge in [0.05, 0.1) is 17.9 Å². The lowest BCUT2D eigenvalue weighted by molar-refractivity contribution is 0.0700. The van der Waals surface area contributed by atoms with E-state index in [4.69, 9.17) is 4.74 Å². The maximum Gasteiger partial charge on any atom is 0.257 e. The molecule has 0 spiro atoms. The Bertz CT molecular complexity index is 777. The molecule has 2 aromatic heterocycles. The van der Waals surface area contributed by atoms with Crippen LogP contribution in [-0.2, 0) is 11.3 Å². The van der Waals surface area contributed by atoms with Gasteiger partial charge in [0, 0.05) is 56.7 Å². The quantitative estimate of drug-likeness (QED) is 0.862. The number of amides is 1. The number of aryl methyl sites for hydroxylation is 1. The van der Waals surface area contributed by atoms with E-state index >= 15 is 0 Å². The number of likely N-dealkylation sites (tertiary alicyclic amines) is 1. The molecule has 0 aromatic carbocycles. The summed E-state index contributed by atoms with van der Waals surface area (Å²) < 4.78 is 7.35. The normalized spacial score (nSPS) is 20.5. The summed E-state index contributed by atoms with van der Waals surface area (Å²) in [6.45, 7) is 4.94. The summed E-state index contributed by atoms with van der Waals surface area (Å²) in [4.78, 5) is 19.8. The van der Waals surface area contributed by atoms with E-state index < -0.39 is 0 Å². The number of aromatic nitrogens is 4. The number of ether oxygens (including phenoxy) is 1. The number of imidazole rings is 1. The molecular weight excluding hydrogens is 330 g/mol. The van der Waals surface area contributed by atoms with Gasteiger partial charge in [-0.15, -0.1) is 0 Å². The highest BCUT2D eigenvalue weighted by Gasteiger charge is 2.35. The van der Waals surface area contributed by atoms with Crippen LogP contribution < -0.4 is 0 Å². The van der Waals surface area contributed by atoms with E-state index in [0.717, 1.165) is 68.1 Å². The molecule has 7 nitrogen and oxygen atoms in total. The van der Waals surface area contributed by atoms with Crippen molar-refractivity contribution in [3.05, 3.63) is 35.2 Å². The molecule has 0 radical (unpaired) electrons. The van der Waals surface area contributed by atoms with E-state index in [-0.39, 0.29) is 11.8 Å². The first-order chi connectivity index (χ1) is 12.7. The zero-order valence-electron chi connectivity index (χ0n) is 15.6. The van der Waals surface area contributed by atoms with Crippen LogP contribution in [0, 0.1) is 6.92 Å². The first-order valence-electron chi connectivity index (χ1n) is 9.53. The Balaban J connectivity index is 1.51. The summed E-state index contributed by atoms with van der Waals surface area (Å²) in [5.74, 6) is 1.92. The van der Waals surface area contributed by atoms with Crippen LogP contribution >= 0.6 is 0 Å². The Morgan fingerprint density at radius 2 is 2.19 bits per heavy atom. The summed E-state index contributed by atoms with van der Waals surface area (Å²) in [6, 6.07) is 0. The van der Waals surface area contributed by atoms with Crippen LogP contribution in [0.5, 0.6) is 0 Å². The molecule has 4 rings (SSSR count). The van der Waals surface area contributed by atoms with Crippen LogP contribution in [-0.4, -0.2) is 57.4 Å². The summed E-state index contributed by atoms with van der Waals surface area (Å²) >= 11 is 0. The highest BCUT2D eigenvalue weighted by molar-refractivity contribution is 5.96. The number of rotatable bonds is 6. The maximum absolute atomic E-state index is 13.2. The van der Waals surface area contributed by atoms with Gasteiger partial charge in [-0.3, -0.25) is 9.89 Å². The van der Waals surface area contributed by atoms with Gasteiger partial charge in [-0.25, -0.2) is 4.98 Å². The smallest absolute Gasteiger partial charge is 0.257 e. The number of nitrogens with one attached hydrogen (secondary N) is 1. The number of H-pyrrole nitrogens is 1. The fourth-order valence-electron chi connectivity index (χ4n) is 3.96. The van der Waals surface area contributed by atoms with Crippen LogP contribution in [0.1, 0.15) is 65.1 Å². The van der Waals surface area contributed by atoms with Gasteiger partial charge in [-0.1, -0.05) is 0 Å². The average molecular weight is 357 g/mol. The van der Waals surface area contributed by atoms with Crippen molar-refractivity contribution in [2.24, 2.45) is 0 Å². The van der Waals surface area contributed by atoms with Gasteiger partial charge in [-0.05, 0) is 32.6 Å². The third-order valence-corrected chi connectivity index (χ3v) is 5.51. The van der Waals surface area contributed by atoms with E-state index in [1.807, 2.05) is 24.2 Å². The molecule has 26 heavy (non-hydrogen) atoms. The summed E-state index contributed by atoms with van der Waals surface area (Å²) in [5.41, 5.74) is 2.66. The molecule has 1 saturated carbocycles. The van der Waals surface area contributed by atoms with Crippen LogP contribution in [0.25, 0.3) is 0 Å². The second kappa shape index (κ2) is 7.23. The number of hydrogen-bond donors (Lipinski definition) is 1. The standard InChI is InChI=1S/C19H27N5O2/c1-13-16(17(22-21-13)14-5-6-14)19(25)24-8-3-4-15(12-24)18-20-7-9-23(18)10-11-26-2/h7,9,14-15H,3-6,8,10-12H2,1-2H3,(H,21,22)/t15-/m0/s1. The molecular formula is C19H27N5O2. The van der Waals surface area contributed by atoms with E-state index in [0.29, 0.717) is 12.5 Å². The molecule has 2 aromatic rings. The molecule has 2 fully saturated rings. The number of carbonyl (C=O) groups is 1. The van der Waals surface area contributed by atoms with E-state index in [9.17, 15) is 4.79 Å². The lowest BCUT2D eigenvalue weighted by atomic mass is 9.96. The number of carbonyl (C=O) groups excluding carboxylic acids is 1. The van der Waals surface area contributed by atoms with Crippen molar-refractivity contribution in [3.8, 4) is 0 Å². The minimum absolute atomic E-state index is 0.123. The minimum atomic E-state index is 0.123. The van der Waals surface area contributed by atoms with Crippen LogP contribution in [0.4, 0.5) is 0 Å². The maximum atomic E-state index is 13.2. The second-order valence-corrected chi connectivity index (χ2v) is 7.45. The van der Waals surface area contributed by atoms with Gasteiger partial charge < -0.3 is 14.2 Å². The Morgan fingerprint density at radius 3 is 2.96 bits per heavy atom. The number of methoxy groups -OCH3 is 1. The summed E-state index contributed by atoms with van der Waals surface area (Å²) in [7, 11) is 1.71. The number of piperidine rings is 1. The first-order valence-corrected chi connectivity index (χ1v) is 9.53. The Labute approximate surface area is 153 Å². The number of aromatic amines is 1. The summed E-state index contributed by atoms with van der Waals surface area (Å²) in [5, 5.41) is 7.43. The van der Waals surface area contributed by atoms with E-state index in [1.165, 1.54) is 0 Å². The van der Waals surface area contributed by atoms with Crippen molar-refractivity contribution in [2.75, 3.05) is 26.8 Å². The van der Waals surface area contributed by atoms with Gasteiger partial charge >= 0.3 is 0 Å². The fourth-order valence-corrected chi connectivity index (χ4v) is 3.96. The third-order valence-electron chi connectivity index (χ3n) is 5.51. The first kappa shape index (κ1) is 17.3. The molecule has 1 saturated heterocycles. The lowest BCUT2D eigenvalue weighted by Gasteiger charge is -2.33. The van der Waals surface area contributed by atoms with Gasteiger partial charge in [0.15, 0.2) is 0 Å². The molecule has 1 amide bonds. The van der Waals surface area contributed by atoms with Gasteiger partial charge in [0.2, 0.25) is 0 Å². The molecule has 7 heteroatoms. The van der Waals surface area contributed by atoms with Crippen molar-refractivity contribution < 1.29 is 9.53 Å². The summed E-state index contributed by atoms with van der Waals surface area (Å²) in [6.07, 6.45) is 8.20. The van der Waals surface area contributed by atoms with E-state index in [1.54, 1.807) is 7.11 Å². The zero-order valence-corrected chi connectivity index (χ0v) is 15.6. The average Bonchev–Trinajstić information content (AvgIpc) is 3.27. The Kier molecular flexibility index (Phi) is 4.80. The Hall–Kier alpha value is -2.15. The van der Waals surface area contributed by atoms with Gasteiger partial charge in [-0.2, -0.15) is 5.10 Å². The highest BCUT2D eigenvalue weighted by atomic mass is 16.5. The SMILES string of the molecule is COCCn1ccnc1[C@H]1CCCN(C(=O)c2c(C3CC3)n[nH]c2C)C1. The fraction of sp³-hybridized carbons (Fsp3) is 0.632. The van der Waals surface area contributed by atoms with Crippen LogP contribution in [0.2, 0.25) is 0 Å². The molecule has 2 aliphatic rings. The predicted octanol–water partition coefficient (Wildman–Crippen LogP) is 2.46. The Morgan fingerprint density at radius 1 is 1.35 bits per heavy atom. The van der Waals surface area contributed by atoms with Crippen molar-refractivity contribution in [3.63, 3.8) is 0 Å². The zero-order chi connectivity index (χ0) is 18.1. The molecule has 1 atom stereocenters. The van der Waals surface area contributed by atoms with Crippen molar-refractivity contribution in [1.29, 1.82) is 0 Å². The van der Waals surface area contributed by atoms with Gasteiger partial charge in [0.1, 0.15) is 5.82 Å². The van der Waals surface area contributed by atoms with Crippen molar-refractivity contribution in [2.45, 2.75) is 51.0 Å². The minimum Gasteiger partial charge on any atom is -0.383 e. The molecule has 0 bridgehead atoms. The topological polar surface area (TPSA) is 76.0 Å². The number of hydrogen-bond acceptors (Lipinski definition) is 4. The predicted molar refractivity (Wildman–Crippen MR) is 97.3 cm³/mol. The number of nitrogens with zero attached hydrogens (tertiary/aromatic N) is 4. The largest absolute Gasteiger partial charge is 0.383 e. The molecule has 140 valence electrons. The van der Waals surface area contributed by atoms with Crippen molar-refractivity contribution >= 4 is 5.91 Å². The second-order valence-electron chi connectivity index (χ2n) is 7.45. The molecule has 1 aliphatic heterocycles. The van der Waals surface area contributed by atoms with Crippen LogP contribution in [0.15, 0.2) is 12.4 Å². The lowest BCUT2D eigenvalue weighted by Crippen LogP contribution is -2.40. The highest BCUT2D eigenvalue weighted by Crippen LogP contribution is 2.41. The third kappa shape index (κ3) is 3.28. The van der Waals surface area contributed by atoms with Gasteiger partial charge in [0.25, 0.3) is 5.91 Å². The monoisotopic (exact) mass is 357 g/mol. The molecule has 1 N–H and O–H groups in total. The van der Waals surface area contributed by atoms with Crippen LogP contribution in [0.3, 0.4) is 0 Å². The van der Waals surface area contributed by atoms with E-state index in [2.05, 4.69) is 19.7 Å². The molecule has 1 aliphatic carbocycles.